The number of anilines is 1. The minimum absolute atomic E-state index is 0.0572. The fourth-order valence-corrected chi connectivity index (χ4v) is 5.16. The molecule has 4 aliphatic carbocycles. The lowest BCUT2D eigenvalue weighted by Crippen LogP contribution is -2.60. The van der Waals surface area contributed by atoms with Crippen LogP contribution in [-0.4, -0.2) is 21.5 Å². The van der Waals surface area contributed by atoms with E-state index in [4.69, 9.17) is 0 Å². The van der Waals surface area contributed by atoms with Crippen molar-refractivity contribution in [2.75, 3.05) is 5.32 Å². The maximum absolute atomic E-state index is 12.3. The second-order valence-electron chi connectivity index (χ2n) is 7.26. The third kappa shape index (κ3) is 2.34. The molecule has 1 heterocycles. The summed E-state index contributed by atoms with van der Waals surface area (Å²) < 4.78 is 0. The van der Waals surface area contributed by atoms with Crippen LogP contribution in [0.15, 0.2) is 15.8 Å². The molecule has 5 rings (SSSR count). The van der Waals surface area contributed by atoms with Gasteiger partial charge in [0.15, 0.2) is 0 Å². The van der Waals surface area contributed by atoms with Gasteiger partial charge in [0.25, 0.3) is 5.56 Å². The number of nitrogens with one attached hydrogen (secondary N) is 4. The molecule has 118 valence electrons. The maximum atomic E-state index is 12.3. The summed E-state index contributed by atoms with van der Waals surface area (Å²) in [6, 6.07) is -0.362. The predicted molar refractivity (Wildman–Crippen MR) is 80.7 cm³/mol. The van der Waals surface area contributed by atoms with Crippen molar-refractivity contribution >= 4 is 11.7 Å². The third-order valence-electron chi connectivity index (χ3n) is 5.48. The van der Waals surface area contributed by atoms with Crippen molar-refractivity contribution in [1.29, 1.82) is 0 Å². The molecule has 4 bridgehead atoms. The Bertz CT molecular complexity index is 685. The smallest absolute Gasteiger partial charge is 0.325 e. The molecule has 4 aliphatic rings. The van der Waals surface area contributed by atoms with Crippen LogP contribution in [0, 0.1) is 17.8 Å². The highest BCUT2D eigenvalue weighted by molar-refractivity contribution is 5.89. The fourth-order valence-electron chi connectivity index (χ4n) is 5.16. The number of hydrogen-bond acceptors (Lipinski definition) is 3. The summed E-state index contributed by atoms with van der Waals surface area (Å²) in [5.41, 5.74) is -1.23. The number of hydrogen-bond donors (Lipinski definition) is 4. The average molecular weight is 304 g/mol. The van der Waals surface area contributed by atoms with Crippen molar-refractivity contribution in [1.82, 2.24) is 15.3 Å². The summed E-state index contributed by atoms with van der Waals surface area (Å²) in [4.78, 5) is 39.3. The number of carbonyl (C=O) groups is 1. The zero-order valence-corrected chi connectivity index (χ0v) is 12.3. The van der Waals surface area contributed by atoms with E-state index in [0.29, 0.717) is 0 Å². The number of amides is 2. The second-order valence-corrected chi connectivity index (χ2v) is 7.26. The van der Waals surface area contributed by atoms with Gasteiger partial charge in [0.05, 0.1) is 0 Å². The Labute approximate surface area is 126 Å². The number of carbonyl (C=O) groups excluding carboxylic acids is 1. The lowest BCUT2D eigenvalue weighted by atomic mass is 9.53. The number of rotatable bonds is 2. The van der Waals surface area contributed by atoms with Gasteiger partial charge >= 0.3 is 11.7 Å². The monoisotopic (exact) mass is 304 g/mol. The highest BCUT2D eigenvalue weighted by Gasteiger charge is 2.51. The van der Waals surface area contributed by atoms with Gasteiger partial charge in [-0.15, -0.1) is 0 Å². The van der Waals surface area contributed by atoms with Gasteiger partial charge in [-0.05, 0) is 56.3 Å². The van der Waals surface area contributed by atoms with Gasteiger partial charge in [0.2, 0.25) is 0 Å². The molecule has 4 fully saturated rings. The first-order valence-electron chi connectivity index (χ1n) is 7.92. The molecule has 1 aromatic rings. The summed E-state index contributed by atoms with van der Waals surface area (Å²) in [5.74, 6) is 2.22. The summed E-state index contributed by atoms with van der Waals surface area (Å²) >= 11 is 0. The molecule has 0 aliphatic heterocycles. The number of urea groups is 1. The van der Waals surface area contributed by atoms with Crippen LogP contribution in [0.3, 0.4) is 0 Å². The van der Waals surface area contributed by atoms with E-state index in [-0.39, 0.29) is 17.3 Å². The van der Waals surface area contributed by atoms with Crippen LogP contribution in [0.5, 0.6) is 0 Å². The number of aromatic nitrogens is 2. The molecule has 0 unspecified atom stereocenters. The highest BCUT2D eigenvalue weighted by Crippen LogP contribution is 2.55. The van der Waals surface area contributed by atoms with Crippen LogP contribution >= 0.6 is 0 Å². The number of aromatic amines is 2. The molecule has 4 saturated carbocycles. The first-order valence-corrected chi connectivity index (χ1v) is 7.92. The van der Waals surface area contributed by atoms with E-state index in [1.54, 1.807) is 0 Å². The zero-order valence-electron chi connectivity index (χ0n) is 12.3. The lowest BCUT2D eigenvalue weighted by Gasteiger charge is -2.56. The van der Waals surface area contributed by atoms with Crippen molar-refractivity contribution < 1.29 is 4.79 Å². The van der Waals surface area contributed by atoms with Crippen LogP contribution in [0.25, 0.3) is 0 Å². The van der Waals surface area contributed by atoms with Gasteiger partial charge < -0.3 is 15.6 Å². The van der Waals surface area contributed by atoms with Crippen LogP contribution in [0.4, 0.5) is 10.5 Å². The molecule has 0 spiro atoms. The Balaban J connectivity index is 1.48. The summed E-state index contributed by atoms with van der Waals surface area (Å²) in [6.07, 6.45) is 8.30. The van der Waals surface area contributed by atoms with Gasteiger partial charge in [0.1, 0.15) is 5.69 Å². The van der Waals surface area contributed by atoms with Crippen molar-refractivity contribution in [3.8, 4) is 0 Å². The van der Waals surface area contributed by atoms with Crippen molar-refractivity contribution in [2.24, 2.45) is 17.8 Å². The topological polar surface area (TPSA) is 107 Å². The Morgan fingerprint density at radius 2 is 1.68 bits per heavy atom. The Hall–Kier alpha value is -2.05. The third-order valence-corrected chi connectivity index (χ3v) is 5.48. The van der Waals surface area contributed by atoms with E-state index in [1.165, 1.54) is 25.5 Å². The molecule has 0 saturated heterocycles. The predicted octanol–water partition coefficient (Wildman–Crippen LogP) is 1.15. The van der Waals surface area contributed by atoms with E-state index in [0.717, 1.165) is 37.0 Å². The van der Waals surface area contributed by atoms with E-state index in [9.17, 15) is 14.4 Å². The molecule has 22 heavy (non-hydrogen) atoms. The van der Waals surface area contributed by atoms with Gasteiger partial charge in [-0.3, -0.25) is 9.78 Å². The van der Waals surface area contributed by atoms with Gasteiger partial charge in [-0.25, -0.2) is 9.59 Å². The molecular weight excluding hydrogens is 284 g/mol. The fraction of sp³-hybridized carbons (Fsp3) is 0.667. The molecule has 7 heteroatoms. The normalized spacial score (nSPS) is 35.4. The standard InChI is InChI=1S/C15H20N4O3/c20-12-11(7-16-13(21)18-12)17-14(22)19-15-4-8-1-9(5-15)3-10(2-8)6-15/h7-10H,1-6H2,(H2,17,19,22)(H2,16,18,20,21). The minimum Gasteiger partial charge on any atom is -0.332 e. The van der Waals surface area contributed by atoms with Crippen LogP contribution in [0.1, 0.15) is 38.5 Å². The van der Waals surface area contributed by atoms with Crippen molar-refractivity contribution in [3.63, 3.8) is 0 Å². The second kappa shape index (κ2) is 4.72. The van der Waals surface area contributed by atoms with E-state index in [1.807, 2.05) is 0 Å². The molecule has 0 radical (unpaired) electrons. The minimum atomic E-state index is -0.593. The molecule has 0 atom stereocenters. The Morgan fingerprint density at radius 1 is 1.09 bits per heavy atom. The molecule has 2 amide bonds. The van der Waals surface area contributed by atoms with Gasteiger partial charge in [-0.2, -0.15) is 0 Å². The lowest BCUT2D eigenvalue weighted by molar-refractivity contribution is -0.0127. The summed E-state index contributed by atoms with van der Waals surface area (Å²) in [5, 5.41) is 5.67. The molecule has 0 aromatic carbocycles. The van der Waals surface area contributed by atoms with E-state index < -0.39 is 11.2 Å². The van der Waals surface area contributed by atoms with Crippen LogP contribution in [-0.2, 0) is 0 Å². The Morgan fingerprint density at radius 3 is 2.23 bits per heavy atom. The maximum Gasteiger partial charge on any atom is 0.325 e. The average Bonchev–Trinajstić information content (AvgIpc) is 2.39. The molecule has 7 nitrogen and oxygen atoms in total. The molecular formula is C15H20N4O3. The van der Waals surface area contributed by atoms with Crippen molar-refractivity contribution in [3.05, 3.63) is 27.0 Å². The summed E-state index contributed by atoms with van der Waals surface area (Å²) in [7, 11) is 0. The first kappa shape index (κ1) is 13.6. The SMILES string of the molecule is O=C(Nc1c[nH]c(=O)[nH]c1=O)NC12CC3CC(CC(C3)C1)C2. The molecule has 1 aromatic heterocycles. The van der Waals surface area contributed by atoms with Crippen LogP contribution in [0.2, 0.25) is 0 Å². The van der Waals surface area contributed by atoms with E-state index >= 15 is 0 Å². The van der Waals surface area contributed by atoms with Gasteiger partial charge in [0, 0.05) is 11.7 Å². The Kier molecular flexibility index (Phi) is 2.92. The van der Waals surface area contributed by atoms with Crippen molar-refractivity contribution in [2.45, 2.75) is 44.1 Å². The quantitative estimate of drug-likeness (QED) is 0.658. The molecule has 4 N–H and O–H groups in total. The number of H-pyrrole nitrogens is 2. The van der Waals surface area contributed by atoms with Gasteiger partial charge in [-0.1, -0.05) is 0 Å². The van der Waals surface area contributed by atoms with Crippen LogP contribution < -0.4 is 21.9 Å². The zero-order chi connectivity index (χ0) is 15.3. The largest absolute Gasteiger partial charge is 0.332 e. The summed E-state index contributed by atoms with van der Waals surface area (Å²) in [6.45, 7) is 0. The first-order chi connectivity index (χ1) is 10.5. The highest BCUT2D eigenvalue weighted by atomic mass is 16.2. The van der Waals surface area contributed by atoms with E-state index in [2.05, 4.69) is 20.6 Å².